The SMILES string of the molecule is Cc1ccc(OCC(=O)NCC(C)C)c([C@@H](C)N)c1. The number of carbonyl (C=O) groups is 1. The van der Waals surface area contributed by atoms with Gasteiger partial charge < -0.3 is 15.8 Å². The molecule has 106 valence electrons. The lowest BCUT2D eigenvalue weighted by atomic mass is 10.1. The molecule has 4 heteroatoms. The van der Waals surface area contributed by atoms with Gasteiger partial charge in [0, 0.05) is 18.2 Å². The van der Waals surface area contributed by atoms with Gasteiger partial charge in [0.2, 0.25) is 0 Å². The molecular formula is C15H24N2O2. The molecule has 0 aliphatic carbocycles. The Kier molecular flexibility index (Phi) is 5.83. The Morgan fingerprint density at radius 1 is 1.37 bits per heavy atom. The van der Waals surface area contributed by atoms with Crippen molar-refractivity contribution in [3.8, 4) is 5.75 Å². The number of rotatable bonds is 6. The molecule has 1 amide bonds. The second-order valence-corrected chi connectivity index (χ2v) is 5.32. The van der Waals surface area contributed by atoms with E-state index in [0.717, 1.165) is 11.1 Å². The summed E-state index contributed by atoms with van der Waals surface area (Å²) in [6, 6.07) is 5.69. The third kappa shape index (κ3) is 5.30. The fraction of sp³-hybridized carbons (Fsp3) is 0.533. The second-order valence-electron chi connectivity index (χ2n) is 5.32. The lowest BCUT2D eigenvalue weighted by molar-refractivity contribution is -0.123. The maximum absolute atomic E-state index is 11.6. The highest BCUT2D eigenvalue weighted by atomic mass is 16.5. The van der Waals surface area contributed by atoms with Crippen LogP contribution in [-0.4, -0.2) is 19.1 Å². The Morgan fingerprint density at radius 2 is 2.05 bits per heavy atom. The molecule has 0 bridgehead atoms. The van der Waals surface area contributed by atoms with Gasteiger partial charge in [0.15, 0.2) is 6.61 Å². The zero-order chi connectivity index (χ0) is 14.4. The number of ether oxygens (including phenoxy) is 1. The lowest BCUT2D eigenvalue weighted by Crippen LogP contribution is -2.31. The van der Waals surface area contributed by atoms with Crippen LogP contribution in [0.15, 0.2) is 18.2 Å². The third-order valence-electron chi connectivity index (χ3n) is 2.72. The summed E-state index contributed by atoms with van der Waals surface area (Å²) in [5.41, 5.74) is 7.96. The van der Waals surface area contributed by atoms with Gasteiger partial charge in [0.1, 0.15) is 5.75 Å². The normalized spacial score (nSPS) is 12.3. The molecule has 19 heavy (non-hydrogen) atoms. The van der Waals surface area contributed by atoms with E-state index in [4.69, 9.17) is 10.5 Å². The standard InChI is InChI=1S/C15H24N2O2/c1-10(2)8-17-15(18)9-19-14-6-5-11(3)7-13(14)12(4)16/h5-7,10,12H,8-9,16H2,1-4H3,(H,17,18)/t12-/m1/s1. The van der Waals surface area contributed by atoms with Gasteiger partial charge in [-0.25, -0.2) is 0 Å². The van der Waals surface area contributed by atoms with Gasteiger partial charge in [-0.3, -0.25) is 4.79 Å². The van der Waals surface area contributed by atoms with Crippen molar-refractivity contribution >= 4 is 5.91 Å². The summed E-state index contributed by atoms with van der Waals surface area (Å²) in [7, 11) is 0. The number of nitrogens with two attached hydrogens (primary N) is 1. The van der Waals surface area contributed by atoms with Crippen molar-refractivity contribution in [3.63, 3.8) is 0 Å². The topological polar surface area (TPSA) is 64.3 Å². The summed E-state index contributed by atoms with van der Waals surface area (Å²) in [4.78, 5) is 11.6. The molecule has 0 saturated carbocycles. The average molecular weight is 264 g/mol. The zero-order valence-corrected chi connectivity index (χ0v) is 12.2. The Morgan fingerprint density at radius 3 is 2.63 bits per heavy atom. The molecule has 0 spiro atoms. The number of carbonyl (C=O) groups excluding carboxylic acids is 1. The van der Waals surface area contributed by atoms with Crippen LogP contribution in [0.25, 0.3) is 0 Å². The average Bonchev–Trinajstić information content (AvgIpc) is 2.34. The molecule has 1 atom stereocenters. The highest BCUT2D eigenvalue weighted by Crippen LogP contribution is 2.24. The summed E-state index contributed by atoms with van der Waals surface area (Å²) >= 11 is 0. The molecule has 0 radical (unpaired) electrons. The fourth-order valence-electron chi connectivity index (χ4n) is 1.67. The molecule has 0 saturated heterocycles. The van der Waals surface area contributed by atoms with Gasteiger partial charge in [0.05, 0.1) is 0 Å². The molecule has 1 aromatic rings. The van der Waals surface area contributed by atoms with E-state index >= 15 is 0 Å². The van der Waals surface area contributed by atoms with Gasteiger partial charge in [-0.1, -0.05) is 31.5 Å². The number of hydrogen-bond donors (Lipinski definition) is 2. The predicted molar refractivity (Wildman–Crippen MR) is 77.1 cm³/mol. The quantitative estimate of drug-likeness (QED) is 0.827. The Bertz CT molecular complexity index is 428. The van der Waals surface area contributed by atoms with Crippen LogP contribution in [0.4, 0.5) is 0 Å². The highest BCUT2D eigenvalue weighted by Gasteiger charge is 2.10. The molecule has 4 nitrogen and oxygen atoms in total. The molecule has 0 aliphatic rings. The Hall–Kier alpha value is -1.55. The van der Waals surface area contributed by atoms with Crippen molar-refractivity contribution in [3.05, 3.63) is 29.3 Å². The first-order chi connectivity index (χ1) is 8.90. The molecule has 0 aromatic heterocycles. The second kappa shape index (κ2) is 7.14. The van der Waals surface area contributed by atoms with E-state index in [9.17, 15) is 4.79 Å². The molecule has 3 N–H and O–H groups in total. The molecule has 1 aromatic carbocycles. The van der Waals surface area contributed by atoms with Gasteiger partial charge in [-0.2, -0.15) is 0 Å². The van der Waals surface area contributed by atoms with Crippen molar-refractivity contribution in [2.45, 2.75) is 33.7 Å². The van der Waals surface area contributed by atoms with E-state index in [-0.39, 0.29) is 18.6 Å². The number of nitrogens with one attached hydrogen (secondary N) is 1. The monoisotopic (exact) mass is 264 g/mol. The van der Waals surface area contributed by atoms with Crippen LogP contribution in [0.5, 0.6) is 5.75 Å². The van der Waals surface area contributed by atoms with Gasteiger partial charge in [-0.05, 0) is 25.8 Å². The maximum Gasteiger partial charge on any atom is 0.257 e. The molecule has 0 heterocycles. The maximum atomic E-state index is 11.6. The Balaban J connectivity index is 2.60. The summed E-state index contributed by atoms with van der Waals surface area (Å²) in [5, 5.41) is 2.82. The van der Waals surface area contributed by atoms with Crippen molar-refractivity contribution < 1.29 is 9.53 Å². The van der Waals surface area contributed by atoms with Crippen molar-refractivity contribution in [2.24, 2.45) is 11.7 Å². The van der Waals surface area contributed by atoms with Gasteiger partial charge in [0.25, 0.3) is 5.91 Å². The van der Waals surface area contributed by atoms with Crippen LogP contribution in [0.2, 0.25) is 0 Å². The van der Waals surface area contributed by atoms with Crippen LogP contribution >= 0.6 is 0 Å². The molecule has 1 rings (SSSR count). The first-order valence-electron chi connectivity index (χ1n) is 6.65. The first kappa shape index (κ1) is 15.5. The van der Waals surface area contributed by atoms with E-state index in [0.29, 0.717) is 18.2 Å². The number of hydrogen-bond acceptors (Lipinski definition) is 3. The molecule has 0 unspecified atom stereocenters. The molecular weight excluding hydrogens is 240 g/mol. The smallest absolute Gasteiger partial charge is 0.257 e. The summed E-state index contributed by atoms with van der Waals surface area (Å²) in [6.07, 6.45) is 0. The minimum atomic E-state index is -0.117. The van der Waals surface area contributed by atoms with Crippen LogP contribution in [0, 0.1) is 12.8 Å². The summed E-state index contributed by atoms with van der Waals surface area (Å²) in [5.74, 6) is 1.01. The van der Waals surface area contributed by atoms with E-state index in [1.165, 1.54) is 0 Å². The minimum Gasteiger partial charge on any atom is -0.483 e. The van der Waals surface area contributed by atoms with Crippen LogP contribution in [0.3, 0.4) is 0 Å². The van der Waals surface area contributed by atoms with E-state index in [2.05, 4.69) is 19.2 Å². The predicted octanol–water partition coefficient (Wildman–Crippen LogP) is 2.17. The fourth-order valence-corrected chi connectivity index (χ4v) is 1.67. The molecule has 0 aliphatic heterocycles. The van der Waals surface area contributed by atoms with Crippen molar-refractivity contribution in [1.82, 2.24) is 5.32 Å². The van der Waals surface area contributed by atoms with Crippen molar-refractivity contribution in [2.75, 3.05) is 13.2 Å². The minimum absolute atomic E-state index is 0.0233. The summed E-state index contributed by atoms with van der Waals surface area (Å²) < 4.78 is 5.56. The Labute approximate surface area is 115 Å². The first-order valence-corrected chi connectivity index (χ1v) is 6.65. The largest absolute Gasteiger partial charge is 0.483 e. The summed E-state index contributed by atoms with van der Waals surface area (Å²) in [6.45, 7) is 8.70. The van der Waals surface area contributed by atoms with E-state index in [1.54, 1.807) is 0 Å². The van der Waals surface area contributed by atoms with Crippen LogP contribution < -0.4 is 15.8 Å². The number of benzene rings is 1. The molecule has 0 fully saturated rings. The van der Waals surface area contributed by atoms with Crippen molar-refractivity contribution in [1.29, 1.82) is 0 Å². The van der Waals surface area contributed by atoms with E-state index in [1.807, 2.05) is 32.0 Å². The van der Waals surface area contributed by atoms with E-state index < -0.39 is 0 Å². The van der Waals surface area contributed by atoms with Gasteiger partial charge in [-0.15, -0.1) is 0 Å². The number of aryl methyl sites for hydroxylation is 1. The number of amides is 1. The van der Waals surface area contributed by atoms with Gasteiger partial charge >= 0.3 is 0 Å². The highest BCUT2D eigenvalue weighted by molar-refractivity contribution is 5.77. The zero-order valence-electron chi connectivity index (χ0n) is 12.2. The van der Waals surface area contributed by atoms with Crippen LogP contribution in [-0.2, 0) is 4.79 Å². The third-order valence-corrected chi connectivity index (χ3v) is 2.72. The van der Waals surface area contributed by atoms with Crippen LogP contribution in [0.1, 0.15) is 37.9 Å². The lowest BCUT2D eigenvalue weighted by Gasteiger charge is -2.15.